The van der Waals surface area contributed by atoms with Crippen LogP contribution in [0.25, 0.3) is 22.0 Å². The number of carbonyl (C=O) groups excluding carboxylic acids is 1. The number of hydrogen-bond acceptors (Lipinski definition) is 4. The van der Waals surface area contributed by atoms with Gasteiger partial charge in [-0.1, -0.05) is 30.3 Å². The highest BCUT2D eigenvalue weighted by Gasteiger charge is 2.26. The Bertz CT molecular complexity index is 1230. The Kier molecular flexibility index (Phi) is 4.42. The number of para-hydroxylation sites is 3. The van der Waals surface area contributed by atoms with E-state index in [1.165, 1.54) is 0 Å². The number of amides is 1. The van der Waals surface area contributed by atoms with E-state index in [0.29, 0.717) is 31.6 Å². The fraction of sp³-hybridized carbons (Fsp3) is 0.318. The SMILES string of the molecule is O=C(CCn1ncc2ccccc21)N1CCC(n2c(=O)oc3ccccc32)CC1. The third kappa shape index (κ3) is 3.22. The van der Waals surface area contributed by atoms with Gasteiger partial charge < -0.3 is 9.32 Å². The van der Waals surface area contributed by atoms with Crippen LogP contribution in [0.5, 0.6) is 0 Å². The molecular formula is C22H22N4O3. The second-order valence-corrected chi connectivity index (χ2v) is 7.49. The number of fused-ring (bicyclic) bond motifs is 2. The monoisotopic (exact) mass is 390 g/mol. The van der Waals surface area contributed by atoms with Crippen molar-refractivity contribution in [2.24, 2.45) is 0 Å². The van der Waals surface area contributed by atoms with Crippen molar-refractivity contribution in [2.75, 3.05) is 13.1 Å². The molecule has 1 fully saturated rings. The van der Waals surface area contributed by atoms with Gasteiger partial charge in [-0.05, 0) is 31.0 Å². The number of benzene rings is 2. The molecule has 1 amide bonds. The molecular weight excluding hydrogens is 368 g/mol. The molecule has 29 heavy (non-hydrogen) atoms. The Morgan fingerprint density at radius 1 is 1.03 bits per heavy atom. The van der Waals surface area contributed by atoms with E-state index in [9.17, 15) is 9.59 Å². The Balaban J connectivity index is 1.23. The first-order chi connectivity index (χ1) is 14.2. The summed E-state index contributed by atoms with van der Waals surface area (Å²) < 4.78 is 8.99. The smallest absolute Gasteiger partial charge is 0.408 e. The summed E-state index contributed by atoms with van der Waals surface area (Å²) in [6.45, 7) is 1.86. The molecule has 5 rings (SSSR count). The van der Waals surface area contributed by atoms with Crippen LogP contribution in [-0.2, 0) is 11.3 Å². The summed E-state index contributed by atoms with van der Waals surface area (Å²) in [5.74, 6) is -0.186. The fourth-order valence-electron chi connectivity index (χ4n) is 4.27. The molecule has 3 heterocycles. The maximum Gasteiger partial charge on any atom is 0.420 e. The zero-order valence-corrected chi connectivity index (χ0v) is 16.0. The highest BCUT2D eigenvalue weighted by Crippen LogP contribution is 2.26. The molecule has 1 aliphatic rings. The third-order valence-electron chi connectivity index (χ3n) is 5.79. The van der Waals surface area contributed by atoms with Gasteiger partial charge in [0.2, 0.25) is 5.91 Å². The van der Waals surface area contributed by atoms with Crippen molar-refractivity contribution in [3.8, 4) is 0 Å². The van der Waals surface area contributed by atoms with Gasteiger partial charge in [0.15, 0.2) is 5.58 Å². The molecule has 7 nitrogen and oxygen atoms in total. The molecule has 0 atom stereocenters. The van der Waals surface area contributed by atoms with E-state index >= 15 is 0 Å². The molecule has 4 aromatic rings. The summed E-state index contributed by atoms with van der Waals surface area (Å²) in [5, 5.41) is 5.48. The zero-order chi connectivity index (χ0) is 19.8. The van der Waals surface area contributed by atoms with Crippen molar-refractivity contribution in [2.45, 2.75) is 31.8 Å². The van der Waals surface area contributed by atoms with Gasteiger partial charge in [0.05, 0.1) is 23.8 Å². The van der Waals surface area contributed by atoms with Gasteiger partial charge in [0.1, 0.15) is 0 Å². The van der Waals surface area contributed by atoms with Gasteiger partial charge in [-0.25, -0.2) is 4.79 Å². The van der Waals surface area contributed by atoms with Crippen LogP contribution in [0.3, 0.4) is 0 Å². The molecule has 0 unspecified atom stereocenters. The summed E-state index contributed by atoms with van der Waals surface area (Å²) in [5.41, 5.74) is 2.49. The van der Waals surface area contributed by atoms with Gasteiger partial charge in [0, 0.05) is 30.9 Å². The number of piperidine rings is 1. The number of aryl methyl sites for hydroxylation is 1. The van der Waals surface area contributed by atoms with Gasteiger partial charge >= 0.3 is 5.76 Å². The molecule has 0 N–H and O–H groups in total. The first-order valence-electron chi connectivity index (χ1n) is 9.99. The third-order valence-corrected chi connectivity index (χ3v) is 5.79. The number of oxazole rings is 1. The highest BCUT2D eigenvalue weighted by atomic mass is 16.4. The number of hydrogen-bond donors (Lipinski definition) is 0. The summed E-state index contributed by atoms with van der Waals surface area (Å²) in [4.78, 5) is 26.9. The van der Waals surface area contributed by atoms with Crippen LogP contribution >= 0.6 is 0 Å². The van der Waals surface area contributed by atoms with Gasteiger partial charge in [-0.15, -0.1) is 0 Å². The minimum absolute atomic E-state index is 0.0604. The highest BCUT2D eigenvalue weighted by molar-refractivity contribution is 5.79. The normalized spacial score (nSPS) is 15.4. The van der Waals surface area contributed by atoms with Gasteiger partial charge in [-0.2, -0.15) is 5.10 Å². The van der Waals surface area contributed by atoms with E-state index in [1.807, 2.05) is 64.3 Å². The first-order valence-corrected chi connectivity index (χ1v) is 9.99. The molecule has 0 spiro atoms. The largest absolute Gasteiger partial charge is 0.420 e. The standard InChI is InChI=1S/C22H22N4O3/c27-21(11-14-25-18-6-2-1-5-16(18)15-23-25)24-12-9-17(10-13-24)26-19-7-3-4-8-20(19)29-22(26)28/h1-8,15,17H,9-14H2. The van der Waals surface area contributed by atoms with Crippen LogP contribution in [0.15, 0.2) is 63.9 Å². The molecule has 1 aliphatic heterocycles. The van der Waals surface area contributed by atoms with Crippen molar-refractivity contribution in [1.82, 2.24) is 19.2 Å². The topological polar surface area (TPSA) is 73.3 Å². The summed E-state index contributed by atoms with van der Waals surface area (Å²) in [6, 6.07) is 15.6. The van der Waals surface area contributed by atoms with Gasteiger partial charge in [-0.3, -0.25) is 14.0 Å². The Hall–Kier alpha value is -3.35. The maximum absolute atomic E-state index is 12.7. The average molecular weight is 390 g/mol. The summed E-state index contributed by atoms with van der Waals surface area (Å²) in [7, 11) is 0. The fourth-order valence-corrected chi connectivity index (χ4v) is 4.27. The van der Waals surface area contributed by atoms with E-state index in [2.05, 4.69) is 5.10 Å². The van der Waals surface area contributed by atoms with E-state index in [4.69, 9.17) is 4.42 Å². The predicted molar refractivity (Wildman–Crippen MR) is 110 cm³/mol. The predicted octanol–water partition coefficient (Wildman–Crippen LogP) is 3.20. The Morgan fingerprint density at radius 3 is 2.59 bits per heavy atom. The molecule has 0 saturated carbocycles. The van der Waals surface area contributed by atoms with Crippen LogP contribution in [0.1, 0.15) is 25.3 Å². The van der Waals surface area contributed by atoms with Crippen LogP contribution in [-0.4, -0.2) is 38.2 Å². The van der Waals surface area contributed by atoms with Crippen LogP contribution in [0.4, 0.5) is 0 Å². The zero-order valence-electron chi connectivity index (χ0n) is 16.0. The van der Waals surface area contributed by atoms with Crippen molar-refractivity contribution in [3.05, 3.63) is 65.3 Å². The van der Waals surface area contributed by atoms with Crippen molar-refractivity contribution >= 4 is 27.9 Å². The van der Waals surface area contributed by atoms with Gasteiger partial charge in [0.25, 0.3) is 0 Å². The van der Waals surface area contributed by atoms with E-state index < -0.39 is 0 Å². The number of aromatic nitrogens is 3. The van der Waals surface area contributed by atoms with Crippen LogP contribution in [0.2, 0.25) is 0 Å². The van der Waals surface area contributed by atoms with Crippen LogP contribution < -0.4 is 5.76 Å². The lowest BCUT2D eigenvalue weighted by Crippen LogP contribution is -2.40. The molecule has 7 heteroatoms. The summed E-state index contributed by atoms with van der Waals surface area (Å²) in [6.07, 6.45) is 3.75. The number of rotatable bonds is 4. The molecule has 0 aliphatic carbocycles. The van der Waals surface area contributed by atoms with Crippen molar-refractivity contribution in [3.63, 3.8) is 0 Å². The minimum atomic E-state index is -0.318. The maximum atomic E-state index is 12.7. The summed E-state index contributed by atoms with van der Waals surface area (Å²) >= 11 is 0. The van der Waals surface area contributed by atoms with E-state index in [0.717, 1.165) is 29.3 Å². The Morgan fingerprint density at radius 2 is 1.76 bits per heavy atom. The molecule has 148 valence electrons. The molecule has 2 aromatic carbocycles. The van der Waals surface area contributed by atoms with Crippen molar-refractivity contribution < 1.29 is 9.21 Å². The number of nitrogens with zero attached hydrogens (tertiary/aromatic N) is 4. The lowest BCUT2D eigenvalue weighted by molar-refractivity contribution is -0.132. The molecule has 1 saturated heterocycles. The van der Waals surface area contributed by atoms with E-state index in [1.54, 1.807) is 4.57 Å². The lowest BCUT2D eigenvalue weighted by Gasteiger charge is -2.32. The quantitative estimate of drug-likeness (QED) is 0.536. The first kappa shape index (κ1) is 17.7. The minimum Gasteiger partial charge on any atom is -0.408 e. The average Bonchev–Trinajstić information content (AvgIpc) is 3.32. The van der Waals surface area contributed by atoms with Crippen molar-refractivity contribution in [1.29, 1.82) is 0 Å². The lowest BCUT2D eigenvalue weighted by atomic mass is 10.0. The number of carbonyl (C=O) groups is 1. The molecule has 0 bridgehead atoms. The van der Waals surface area contributed by atoms with E-state index in [-0.39, 0.29) is 17.7 Å². The Labute approximate surface area is 167 Å². The van der Waals surface area contributed by atoms with Crippen LogP contribution in [0, 0.1) is 0 Å². The number of likely N-dealkylation sites (tertiary alicyclic amines) is 1. The molecule has 2 aromatic heterocycles. The molecule has 0 radical (unpaired) electrons. The second kappa shape index (κ2) is 7.24. The second-order valence-electron chi connectivity index (χ2n) is 7.49.